The summed E-state index contributed by atoms with van der Waals surface area (Å²) in [5.74, 6) is -0.193. The minimum absolute atomic E-state index is 0.0753. The van der Waals surface area contributed by atoms with Crippen LogP contribution in [0.4, 0.5) is 23.2 Å². The second kappa shape index (κ2) is 9.79. The van der Waals surface area contributed by atoms with E-state index in [1.54, 1.807) is 24.3 Å². The SMILES string of the molecule is NC(=NC=Nc1ccc(OC(F)(F)F)cc1)c1ccc(C(F)CNC=S)cc1. The zero-order chi connectivity index (χ0) is 20.6. The zero-order valence-electron chi connectivity index (χ0n) is 14.4. The number of hydrogen-bond donors (Lipinski definition) is 2. The molecule has 0 aromatic heterocycles. The second-order valence-electron chi connectivity index (χ2n) is 5.42. The third-order valence-electron chi connectivity index (χ3n) is 3.42. The first-order chi connectivity index (χ1) is 13.3. The second-order valence-corrected chi connectivity index (χ2v) is 5.65. The van der Waals surface area contributed by atoms with Crippen LogP contribution in [0.25, 0.3) is 0 Å². The van der Waals surface area contributed by atoms with Crippen LogP contribution in [-0.4, -0.2) is 30.6 Å². The lowest BCUT2D eigenvalue weighted by Gasteiger charge is -2.09. The molecule has 2 rings (SSSR count). The summed E-state index contributed by atoms with van der Waals surface area (Å²) < 4.78 is 54.0. The van der Waals surface area contributed by atoms with Crippen LogP contribution in [0.3, 0.4) is 0 Å². The van der Waals surface area contributed by atoms with Crippen LogP contribution in [0.1, 0.15) is 17.3 Å². The maximum absolute atomic E-state index is 13.9. The number of nitrogens with zero attached hydrogens (tertiary/aromatic N) is 2. The topological polar surface area (TPSA) is 72.0 Å². The van der Waals surface area contributed by atoms with Crippen molar-refractivity contribution in [1.29, 1.82) is 0 Å². The Labute approximate surface area is 163 Å². The quantitative estimate of drug-likeness (QED) is 0.295. The number of alkyl halides is 4. The van der Waals surface area contributed by atoms with Gasteiger partial charge in [-0.25, -0.2) is 14.4 Å². The molecule has 0 bridgehead atoms. The van der Waals surface area contributed by atoms with Gasteiger partial charge in [0.25, 0.3) is 0 Å². The summed E-state index contributed by atoms with van der Waals surface area (Å²) in [5, 5.41) is 2.63. The van der Waals surface area contributed by atoms with Gasteiger partial charge in [-0.15, -0.1) is 13.2 Å². The van der Waals surface area contributed by atoms with Gasteiger partial charge in [-0.3, -0.25) is 0 Å². The van der Waals surface area contributed by atoms with Crippen LogP contribution >= 0.6 is 12.2 Å². The summed E-state index contributed by atoms with van der Waals surface area (Å²) in [4.78, 5) is 7.94. The lowest BCUT2D eigenvalue weighted by molar-refractivity contribution is -0.274. The minimum Gasteiger partial charge on any atom is -0.406 e. The minimum atomic E-state index is -4.75. The van der Waals surface area contributed by atoms with Crippen LogP contribution < -0.4 is 15.8 Å². The molecule has 0 spiro atoms. The van der Waals surface area contributed by atoms with Crippen LogP contribution in [-0.2, 0) is 0 Å². The van der Waals surface area contributed by atoms with E-state index in [-0.39, 0.29) is 18.1 Å². The maximum atomic E-state index is 13.9. The monoisotopic (exact) mass is 412 g/mol. The molecule has 1 atom stereocenters. The molecule has 148 valence electrons. The van der Waals surface area contributed by atoms with Crippen LogP contribution in [0.5, 0.6) is 5.75 Å². The first-order valence-corrected chi connectivity index (χ1v) is 8.38. The molecule has 0 aliphatic rings. The largest absolute Gasteiger partial charge is 0.573 e. The number of amidine groups is 1. The number of benzene rings is 2. The number of halogens is 4. The van der Waals surface area contributed by atoms with Gasteiger partial charge in [0.2, 0.25) is 0 Å². The van der Waals surface area contributed by atoms with Gasteiger partial charge < -0.3 is 15.8 Å². The third-order valence-corrected chi connectivity index (χ3v) is 3.59. The average Bonchev–Trinajstić information content (AvgIpc) is 2.66. The number of nitrogens with one attached hydrogen (secondary N) is 1. The van der Waals surface area contributed by atoms with Gasteiger partial charge in [-0.05, 0) is 29.8 Å². The molecule has 0 amide bonds. The number of hydrogen-bond acceptors (Lipinski definition) is 3. The number of ether oxygens (including phenoxy) is 1. The van der Waals surface area contributed by atoms with Crippen molar-refractivity contribution in [2.75, 3.05) is 6.54 Å². The van der Waals surface area contributed by atoms with E-state index in [2.05, 4.69) is 32.3 Å². The number of nitrogens with two attached hydrogens (primary N) is 1. The van der Waals surface area contributed by atoms with Crippen molar-refractivity contribution in [1.82, 2.24) is 5.32 Å². The standard InChI is InChI=1S/C18H16F4N4OS/c19-16(9-24-11-28)12-1-3-13(4-2-12)17(23)26-10-25-14-5-7-15(8-6-14)27-18(20,21)22/h1-8,10-11,16H,9H2,(H,24,28)(H2,23,25,26). The van der Waals surface area contributed by atoms with E-state index < -0.39 is 12.5 Å². The van der Waals surface area contributed by atoms with Crippen LogP contribution in [0.2, 0.25) is 0 Å². The van der Waals surface area contributed by atoms with Crippen molar-refractivity contribution in [3.63, 3.8) is 0 Å². The van der Waals surface area contributed by atoms with Gasteiger partial charge in [-0.2, -0.15) is 0 Å². The molecular weight excluding hydrogens is 396 g/mol. The molecule has 0 heterocycles. The van der Waals surface area contributed by atoms with Gasteiger partial charge in [0, 0.05) is 5.56 Å². The predicted molar refractivity (Wildman–Crippen MR) is 104 cm³/mol. The fraction of sp³-hybridized carbons (Fsp3) is 0.167. The molecule has 3 N–H and O–H groups in total. The zero-order valence-corrected chi connectivity index (χ0v) is 15.2. The van der Waals surface area contributed by atoms with Crippen molar-refractivity contribution < 1.29 is 22.3 Å². The highest BCUT2D eigenvalue weighted by atomic mass is 32.1. The lowest BCUT2D eigenvalue weighted by Crippen LogP contribution is -2.17. The molecule has 28 heavy (non-hydrogen) atoms. The van der Waals surface area contributed by atoms with E-state index in [0.717, 1.165) is 12.1 Å². The average molecular weight is 412 g/mol. The molecule has 0 saturated carbocycles. The molecule has 2 aromatic rings. The van der Waals surface area contributed by atoms with E-state index in [4.69, 9.17) is 5.73 Å². The summed E-state index contributed by atoms with van der Waals surface area (Å²) in [7, 11) is 0. The highest BCUT2D eigenvalue weighted by Crippen LogP contribution is 2.24. The Hall–Kier alpha value is -3.01. The Morgan fingerprint density at radius 1 is 1.14 bits per heavy atom. The summed E-state index contributed by atoms with van der Waals surface area (Å²) in [6, 6.07) is 11.4. The molecule has 0 aliphatic carbocycles. The van der Waals surface area contributed by atoms with Gasteiger partial charge in [-0.1, -0.05) is 36.5 Å². The smallest absolute Gasteiger partial charge is 0.406 e. The fourth-order valence-corrected chi connectivity index (χ4v) is 2.19. The molecule has 2 aromatic carbocycles. The number of aliphatic imine (C=N–C) groups is 2. The van der Waals surface area contributed by atoms with Crippen molar-refractivity contribution in [3.05, 3.63) is 59.7 Å². The summed E-state index contributed by atoms with van der Waals surface area (Å²) in [5.41, 5.74) is 8.50. The Balaban J connectivity index is 1.98. The molecule has 10 heteroatoms. The number of rotatable bonds is 8. The van der Waals surface area contributed by atoms with Crippen LogP contribution in [0, 0.1) is 0 Å². The normalized spacial score (nSPS) is 13.4. The van der Waals surface area contributed by atoms with E-state index in [1.807, 2.05) is 0 Å². The fourth-order valence-electron chi connectivity index (χ4n) is 2.10. The van der Waals surface area contributed by atoms with Crippen molar-refractivity contribution in [2.45, 2.75) is 12.5 Å². The Morgan fingerprint density at radius 2 is 1.79 bits per heavy atom. The predicted octanol–water partition coefficient (Wildman–Crippen LogP) is 4.21. The molecule has 0 saturated heterocycles. The summed E-state index contributed by atoms with van der Waals surface area (Å²) in [6.07, 6.45) is -4.79. The van der Waals surface area contributed by atoms with E-state index in [0.29, 0.717) is 16.8 Å². The molecule has 1 unspecified atom stereocenters. The molecular formula is C18H16F4N4OS. The lowest BCUT2D eigenvalue weighted by atomic mass is 10.1. The molecule has 0 radical (unpaired) electrons. The molecule has 5 nitrogen and oxygen atoms in total. The Bertz CT molecular complexity index is 836. The highest BCUT2D eigenvalue weighted by Gasteiger charge is 2.30. The summed E-state index contributed by atoms with van der Waals surface area (Å²) >= 11 is 4.58. The maximum Gasteiger partial charge on any atom is 0.573 e. The van der Waals surface area contributed by atoms with Gasteiger partial charge in [0.1, 0.15) is 24.1 Å². The van der Waals surface area contributed by atoms with Crippen molar-refractivity contribution in [2.24, 2.45) is 15.7 Å². The third kappa shape index (κ3) is 6.95. The van der Waals surface area contributed by atoms with Crippen LogP contribution in [0.15, 0.2) is 58.5 Å². The Kier molecular flexibility index (Phi) is 7.44. The molecule has 0 aliphatic heterocycles. The molecule has 0 fully saturated rings. The van der Waals surface area contributed by atoms with E-state index >= 15 is 0 Å². The van der Waals surface area contributed by atoms with Gasteiger partial charge >= 0.3 is 6.36 Å². The Morgan fingerprint density at radius 3 is 2.36 bits per heavy atom. The van der Waals surface area contributed by atoms with Gasteiger partial charge in [0.05, 0.1) is 17.7 Å². The van der Waals surface area contributed by atoms with Crippen molar-refractivity contribution >= 4 is 35.6 Å². The van der Waals surface area contributed by atoms with E-state index in [1.165, 1.54) is 24.0 Å². The highest BCUT2D eigenvalue weighted by molar-refractivity contribution is 7.78. The first-order valence-electron chi connectivity index (χ1n) is 7.91. The number of thiocarbonyl (C=S) groups is 1. The van der Waals surface area contributed by atoms with E-state index in [9.17, 15) is 17.6 Å². The summed E-state index contributed by atoms with van der Waals surface area (Å²) in [6.45, 7) is 0.0753. The first kappa shape index (κ1) is 21.3. The van der Waals surface area contributed by atoms with Gasteiger partial charge in [0.15, 0.2) is 0 Å². The van der Waals surface area contributed by atoms with Crippen molar-refractivity contribution in [3.8, 4) is 5.75 Å².